The number of carbonyl (C=O) groups is 1. The van der Waals surface area contributed by atoms with Crippen LogP contribution in [0.25, 0.3) is 11.0 Å². The van der Waals surface area contributed by atoms with Gasteiger partial charge in [-0.1, -0.05) is 18.2 Å². The minimum Gasteiger partial charge on any atom is -0.357 e. The summed E-state index contributed by atoms with van der Waals surface area (Å²) in [4.78, 5) is 37.2. The van der Waals surface area contributed by atoms with Gasteiger partial charge in [0, 0.05) is 31.0 Å². The lowest BCUT2D eigenvalue weighted by Crippen LogP contribution is -2.28. The average Bonchev–Trinajstić information content (AvgIpc) is 3.04. The normalized spacial score (nSPS) is 10.9. The molecule has 0 saturated carbocycles. The molecule has 1 amide bonds. The van der Waals surface area contributed by atoms with E-state index in [1.807, 2.05) is 57.2 Å². The summed E-state index contributed by atoms with van der Waals surface area (Å²) in [6.07, 6.45) is 1.63. The number of para-hydroxylation sites is 1. The summed E-state index contributed by atoms with van der Waals surface area (Å²) in [6, 6.07) is 11.5. The maximum absolute atomic E-state index is 13.2. The fourth-order valence-corrected chi connectivity index (χ4v) is 3.73. The van der Waals surface area contributed by atoms with Crippen molar-refractivity contribution in [3.05, 3.63) is 81.0 Å². The molecule has 0 spiro atoms. The third kappa shape index (κ3) is 3.92. The number of pyridine rings is 1. The Hall–Kier alpha value is -4.14. The van der Waals surface area contributed by atoms with Gasteiger partial charge in [-0.3, -0.25) is 15.0 Å². The molecule has 1 aromatic carbocycles. The number of amides is 1. The number of nitrogens with one attached hydrogen (secondary N) is 4. The van der Waals surface area contributed by atoms with E-state index in [1.165, 1.54) is 0 Å². The SMILES string of the molecule is CNc1ncc2c(C(=O)NCc3c(C)cc(C)[nH]c3=O)c(C)n(Nc3ccccc3)c2n1. The number of fused-ring (bicyclic) bond motifs is 1. The third-order valence-corrected chi connectivity index (χ3v) is 5.33. The van der Waals surface area contributed by atoms with Crippen LogP contribution in [0.2, 0.25) is 0 Å². The first kappa shape index (κ1) is 21.1. The lowest BCUT2D eigenvalue weighted by molar-refractivity contribution is 0.0951. The molecule has 32 heavy (non-hydrogen) atoms. The number of H-pyrrole nitrogens is 1. The molecule has 0 radical (unpaired) electrons. The number of benzene rings is 1. The number of anilines is 2. The largest absolute Gasteiger partial charge is 0.357 e. The van der Waals surface area contributed by atoms with Crippen molar-refractivity contribution in [1.82, 2.24) is 24.9 Å². The first-order valence-corrected chi connectivity index (χ1v) is 10.2. The molecule has 4 N–H and O–H groups in total. The average molecular weight is 432 g/mol. The molecule has 164 valence electrons. The van der Waals surface area contributed by atoms with Crippen LogP contribution in [0.3, 0.4) is 0 Å². The van der Waals surface area contributed by atoms with Gasteiger partial charge in [-0.05, 0) is 44.5 Å². The van der Waals surface area contributed by atoms with Crippen molar-refractivity contribution in [2.75, 3.05) is 17.8 Å². The van der Waals surface area contributed by atoms with Crippen LogP contribution >= 0.6 is 0 Å². The Kier molecular flexibility index (Phi) is 5.63. The summed E-state index contributed by atoms with van der Waals surface area (Å²) >= 11 is 0. The van der Waals surface area contributed by atoms with Crippen molar-refractivity contribution >= 4 is 28.6 Å². The standard InChI is InChI=1S/C23H25N7O2/c1-13-10-14(2)27-21(31)17(13)11-25-22(32)19-15(3)30(29-16-8-6-5-7-9-16)20-18(19)12-26-23(24-4)28-20/h5-10,12,29H,11H2,1-4H3,(H,25,32)(H,27,31)(H,24,26,28). The number of hydrogen-bond acceptors (Lipinski definition) is 6. The zero-order valence-electron chi connectivity index (χ0n) is 18.4. The van der Waals surface area contributed by atoms with Crippen LogP contribution in [0.4, 0.5) is 11.6 Å². The van der Waals surface area contributed by atoms with E-state index < -0.39 is 0 Å². The predicted molar refractivity (Wildman–Crippen MR) is 125 cm³/mol. The van der Waals surface area contributed by atoms with Crippen LogP contribution in [0.5, 0.6) is 0 Å². The summed E-state index contributed by atoms with van der Waals surface area (Å²) in [6.45, 7) is 5.65. The van der Waals surface area contributed by atoms with Crippen LogP contribution in [0.15, 0.2) is 47.4 Å². The molecular formula is C23H25N7O2. The van der Waals surface area contributed by atoms with E-state index in [1.54, 1.807) is 17.9 Å². The summed E-state index contributed by atoms with van der Waals surface area (Å²) in [5, 5.41) is 6.42. The zero-order chi connectivity index (χ0) is 22.8. The van der Waals surface area contributed by atoms with Crippen molar-refractivity contribution < 1.29 is 4.79 Å². The summed E-state index contributed by atoms with van der Waals surface area (Å²) in [5.74, 6) is 0.140. The molecule has 0 saturated heterocycles. The van der Waals surface area contributed by atoms with Gasteiger partial charge in [0.25, 0.3) is 11.5 Å². The van der Waals surface area contributed by atoms with Crippen molar-refractivity contribution in [3.63, 3.8) is 0 Å². The lowest BCUT2D eigenvalue weighted by atomic mass is 10.1. The Morgan fingerprint density at radius 2 is 1.91 bits per heavy atom. The maximum atomic E-state index is 13.2. The molecule has 0 aliphatic carbocycles. The second-order valence-electron chi connectivity index (χ2n) is 7.58. The Bertz CT molecular complexity index is 1360. The van der Waals surface area contributed by atoms with Crippen molar-refractivity contribution in [1.29, 1.82) is 0 Å². The number of nitrogens with zero attached hydrogens (tertiary/aromatic N) is 3. The highest BCUT2D eigenvalue weighted by atomic mass is 16.2. The smallest absolute Gasteiger partial charge is 0.254 e. The van der Waals surface area contributed by atoms with Crippen LogP contribution in [0.1, 0.15) is 32.9 Å². The highest BCUT2D eigenvalue weighted by Gasteiger charge is 2.22. The fraction of sp³-hybridized carbons (Fsp3) is 0.217. The minimum atomic E-state index is -0.304. The van der Waals surface area contributed by atoms with Crippen LogP contribution in [0, 0.1) is 20.8 Å². The number of aromatic amines is 1. The number of carbonyl (C=O) groups excluding carboxylic acids is 1. The zero-order valence-corrected chi connectivity index (χ0v) is 18.4. The highest BCUT2D eigenvalue weighted by molar-refractivity contribution is 6.07. The van der Waals surface area contributed by atoms with Gasteiger partial charge in [0.15, 0.2) is 5.65 Å². The first-order chi connectivity index (χ1) is 15.4. The van der Waals surface area contributed by atoms with Crippen LogP contribution in [-0.2, 0) is 6.54 Å². The van der Waals surface area contributed by atoms with Crippen molar-refractivity contribution in [2.45, 2.75) is 27.3 Å². The van der Waals surface area contributed by atoms with Gasteiger partial charge in [0.05, 0.1) is 22.3 Å². The van der Waals surface area contributed by atoms with E-state index in [9.17, 15) is 9.59 Å². The Morgan fingerprint density at radius 3 is 2.59 bits per heavy atom. The van der Waals surface area contributed by atoms with Gasteiger partial charge in [0.1, 0.15) is 0 Å². The van der Waals surface area contributed by atoms with Crippen LogP contribution < -0.4 is 21.6 Å². The molecule has 0 aliphatic heterocycles. The molecule has 4 aromatic rings. The number of rotatable bonds is 6. The molecule has 0 bridgehead atoms. The van der Waals surface area contributed by atoms with E-state index in [-0.39, 0.29) is 18.0 Å². The molecular weight excluding hydrogens is 406 g/mol. The molecule has 3 heterocycles. The molecule has 3 aromatic heterocycles. The van der Waals surface area contributed by atoms with Crippen molar-refractivity contribution in [3.8, 4) is 0 Å². The van der Waals surface area contributed by atoms with E-state index in [4.69, 9.17) is 0 Å². The second-order valence-corrected chi connectivity index (χ2v) is 7.58. The Morgan fingerprint density at radius 1 is 1.16 bits per heavy atom. The maximum Gasteiger partial charge on any atom is 0.254 e. The second kappa shape index (κ2) is 8.54. The van der Waals surface area contributed by atoms with E-state index >= 15 is 0 Å². The van der Waals surface area contributed by atoms with Gasteiger partial charge in [0.2, 0.25) is 5.95 Å². The predicted octanol–water partition coefficient (Wildman–Crippen LogP) is 2.89. The summed E-state index contributed by atoms with van der Waals surface area (Å²) in [5.41, 5.74) is 7.80. The highest BCUT2D eigenvalue weighted by Crippen LogP contribution is 2.25. The van der Waals surface area contributed by atoms with E-state index in [0.717, 1.165) is 16.9 Å². The Labute approximate surface area is 184 Å². The van der Waals surface area contributed by atoms with E-state index in [2.05, 4.69) is 31.0 Å². The summed E-state index contributed by atoms with van der Waals surface area (Å²) in [7, 11) is 1.74. The van der Waals surface area contributed by atoms with Crippen molar-refractivity contribution in [2.24, 2.45) is 0 Å². The topological polar surface area (TPSA) is 117 Å². The Balaban J connectivity index is 1.73. The van der Waals surface area contributed by atoms with Gasteiger partial charge < -0.3 is 15.6 Å². The molecule has 9 heteroatoms. The number of aryl methyl sites for hydroxylation is 2. The first-order valence-electron chi connectivity index (χ1n) is 10.2. The van der Waals surface area contributed by atoms with Gasteiger partial charge in [-0.15, -0.1) is 0 Å². The third-order valence-electron chi connectivity index (χ3n) is 5.33. The summed E-state index contributed by atoms with van der Waals surface area (Å²) < 4.78 is 1.77. The molecule has 4 rings (SSSR count). The van der Waals surface area contributed by atoms with Crippen LogP contribution in [-0.4, -0.2) is 32.6 Å². The molecule has 0 aliphatic rings. The fourth-order valence-electron chi connectivity index (χ4n) is 3.73. The molecule has 0 fully saturated rings. The number of hydrogen-bond donors (Lipinski definition) is 4. The monoisotopic (exact) mass is 431 g/mol. The van der Waals surface area contributed by atoms with Gasteiger partial charge in [-0.25, -0.2) is 9.66 Å². The van der Waals surface area contributed by atoms with Gasteiger partial charge in [-0.2, -0.15) is 4.98 Å². The lowest BCUT2D eigenvalue weighted by Gasteiger charge is -2.12. The molecule has 0 unspecified atom stereocenters. The number of aromatic nitrogens is 4. The minimum absolute atomic E-state index is 0.119. The quantitative estimate of drug-likeness (QED) is 0.373. The van der Waals surface area contributed by atoms with Gasteiger partial charge >= 0.3 is 0 Å². The molecule has 0 atom stereocenters. The molecule has 9 nitrogen and oxygen atoms in total. The van der Waals surface area contributed by atoms with E-state index in [0.29, 0.717) is 33.8 Å².